The molecule has 0 aromatic carbocycles. The van der Waals surface area contributed by atoms with Gasteiger partial charge in [-0.2, -0.15) is 5.10 Å². The lowest BCUT2D eigenvalue weighted by Crippen LogP contribution is -2.35. The Morgan fingerprint density at radius 3 is 2.61 bits per heavy atom. The summed E-state index contributed by atoms with van der Waals surface area (Å²) in [4.78, 5) is 12.9. The minimum atomic E-state index is -0.753. The van der Waals surface area contributed by atoms with E-state index in [9.17, 15) is 4.79 Å². The molecule has 1 heterocycles. The molecule has 0 amide bonds. The third-order valence-electron chi connectivity index (χ3n) is 3.20. The SMILES string of the molecule is CCn1cc(C(C)N(CCC(=O)O)C(C)C)cn1. The van der Waals surface area contributed by atoms with Crippen molar-refractivity contribution in [3.05, 3.63) is 18.0 Å². The van der Waals surface area contributed by atoms with Gasteiger partial charge in [0.05, 0.1) is 12.6 Å². The average molecular weight is 253 g/mol. The van der Waals surface area contributed by atoms with Crippen LogP contribution in [-0.4, -0.2) is 38.3 Å². The summed E-state index contributed by atoms with van der Waals surface area (Å²) >= 11 is 0. The number of hydrogen-bond acceptors (Lipinski definition) is 3. The van der Waals surface area contributed by atoms with Crippen molar-refractivity contribution in [3.63, 3.8) is 0 Å². The van der Waals surface area contributed by atoms with Crippen LogP contribution < -0.4 is 0 Å². The van der Waals surface area contributed by atoms with E-state index in [0.29, 0.717) is 12.6 Å². The van der Waals surface area contributed by atoms with Crippen LogP contribution in [0.3, 0.4) is 0 Å². The summed E-state index contributed by atoms with van der Waals surface area (Å²) in [6.07, 6.45) is 4.07. The Hall–Kier alpha value is -1.36. The summed E-state index contributed by atoms with van der Waals surface area (Å²) in [5.41, 5.74) is 1.14. The van der Waals surface area contributed by atoms with Crippen molar-refractivity contribution in [1.82, 2.24) is 14.7 Å². The lowest BCUT2D eigenvalue weighted by molar-refractivity contribution is -0.137. The van der Waals surface area contributed by atoms with E-state index < -0.39 is 5.97 Å². The molecule has 0 saturated heterocycles. The van der Waals surface area contributed by atoms with Crippen LogP contribution in [-0.2, 0) is 11.3 Å². The number of carboxylic acids is 1. The van der Waals surface area contributed by atoms with E-state index >= 15 is 0 Å². The molecule has 1 aromatic heterocycles. The highest BCUT2D eigenvalue weighted by Gasteiger charge is 2.20. The molecule has 1 atom stereocenters. The summed E-state index contributed by atoms with van der Waals surface area (Å²) in [5.74, 6) is -0.753. The van der Waals surface area contributed by atoms with E-state index in [1.807, 2.05) is 24.0 Å². The topological polar surface area (TPSA) is 58.4 Å². The number of aromatic nitrogens is 2. The van der Waals surface area contributed by atoms with Crippen molar-refractivity contribution in [2.75, 3.05) is 6.54 Å². The minimum absolute atomic E-state index is 0.171. The maximum atomic E-state index is 10.7. The van der Waals surface area contributed by atoms with E-state index in [1.165, 1.54) is 0 Å². The van der Waals surface area contributed by atoms with Crippen LogP contribution in [0.1, 0.15) is 45.7 Å². The molecule has 5 heteroatoms. The van der Waals surface area contributed by atoms with Gasteiger partial charge in [0, 0.05) is 36.9 Å². The highest BCUT2D eigenvalue weighted by molar-refractivity contribution is 5.66. The zero-order valence-corrected chi connectivity index (χ0v) is 11.6. The first kappa shape index (κ1) is 14.7. The number of carboxylic acid groups (broad SMARTS) is 1. The first-order chi connectivity index (χ1) is 8.45. The van der Waals surface area contributed by atoms with Crippen molar-refractivity contribution in [3.8, 4) is 0 Å². The van der Waals surface area contributed by atoms with E-state index in [2.05, 4.69) is 30.8 Å². The van der Waals surface area contributed by atoms with Crippen molar-refractivity contribution < 1.29 is 9.90 Å². The maximum Gasteiger partial charge on any atom is 0.304 e. The third kappa shape index (κ3) is 3.84. The molecule has 0 radical (unpaired) electrons. The Balaban J connectivity index is 2.75. The summed E-state index contributed by atoms with van der Waals surface area (Å²) in [6.45, 7) is 9.73. The average Bonchev–Trinajstić information content (AvgIpc) is 2.76. The second kappa shape index (κ2) is 6.54. The standard InChI is InChI=1S/C13H23N3O2/c1-5-15-9-12(8-14-15)11(4)16(10(2)3)7-6-13(17)18/h8-11H,5-7H2,1-4H3,(H,17,18). The van der Waals surface area contributed by atoms with Crippen LogP contribution in [0.2, 0.25) is 0 Å². The van der Waals surface area contributed by atoms with Crippen LogP contribution >= 0.6 is 0 Å². The lowest BCUT2D eigenvalue weighted by Gasteiger charge is -2.31. The molecule has 0 fully saturated rings. The quantitative estimate of drug-likeness (QED) is 0.809. The van der Waals surface area contributed by atoms with Gasteiger partial charge in [0.1, 0.15) is 0 Å². The maximum absolute atomic E-state index is 10.7. The molecule has 1 N–H and O–H groups in total. The molecule has 0 bridgehead atoms. The van der Waals surface area contributed by atoms with Crippen molar-refractivity contribution in [1.29, 1.82) is 0 Å². The number of nitrogens with zero attached hydrogens (tertiary/aromatic N) is 3. The molecular formula is C13H23N3O2. The van der Waals surface area contributed by atoms with Gasteiger partial charge >= 0.3 is 5.97 Å². The van der Waals surface area contributed by atoms with Gasteiger partial charge in [0.15, 0.2) is 0 Å². The van der Waals surface area contributed by atoms with Crippen LogP contribution in [0.25, 0.3) is 0 Å². The Labute approximate surface area is 108 Å². The zero-order chi connectivity index (χ0) is 13.7. The molecule has 0 aliphatic carbocycles. The Kier molecular flexibility index (Phi) is 5.34. The summed E-state index contributed by atoms with van der Waals surface area (Å²) in [5, 5.41) is 13.1. The van der Waals surface area contributed by atoms with Gasteiger partial charge in [-0.1, -0.05) is 0 Å². The van der Waals surface area contributed by atoms with Crippen molar-refractivity contribution in [2.24, 2.45) is 0 Å². The van der Waals surface area contributed by atoms with E-state index in [-0.39, 0.29) is 12.5 Å². The van der Waals surface area contributed by atoms with Crippen LogP contribution in [0.4, 0.5) is 0 Å². The zero-order valence-electron chi connectivity index (χ0n) is 11.6. The smallest absolute Gasteiger partial charge is 0.304 e. The largest absolute Gasteiger partial charge is 0.481 e. The van der Waals surface area contributed by atoms with Crippen LogP contribution in [0.15, 0.2) is 12.4 Å². The number of rotatable bonds is 7. The van der Waals surface area contributed by atoms with Gasteiger partial charge in [-0.3, -0.25) is 14.4 Å². The minimum Gasteiger partial charge on any atom is -0.481 e. The fourth-order valence-corrected chi connectivity index (χ4v) is 2.08. The molecule has 0 aliphatic rings. The first-order valence-corrected chi connectivity index (χ1v) is 6.45. The van der Waals surface area contributed by atoms with E-state index in [0.717, 1.165) is 12.1 Å². The summed E-state index contributed by atoms with van der Waals surface area (Å²) in [6, 6.07) is 0.494. The highest BCUT2D eigenvalue weighted by Crippen LogP contribution is 2.22. The van der Waals surface area contributed by atoms with Gasteiger partial charge in [0.25, 0.3) is 0 Å². The molecule has 0 aliphatic heterocycles. The molecular weight excluding hydrogens is 230 g/mol. The van der Waals surface area contributed by atoms with E-state index in [1.54, 1.807) is 0 Å². The van der Waals surface area contributed by atoms with Gasteiger partial charge in [0.2, 0.25) is 0 Å². The monoisotopic (exact) mass is 253 g/mol. The molecule has 5 nitrogen and oxygen atoms in total. The van der Waals surface area contributed by atoms with Gasteiger partial charge < -0.3 is 5.11 Å². The summed E-state index contributed by atoms with van der Waals surface area (Å²) in [7, 11) is 0. The Morgan fingerprint density at radius 1 is 1.50 bits per heavy atom. The second-order valence-corrected chi connectivity index (χ2v) is 4.78. The fourth-order valence-electron chi connectivity index (χ4n) is 2.08. The number of aliphatic carboxylic acids is 1. The predicted molar refractivity (Wildman–Crippen MR) is 70.4 cm³/mol. The van der Waals surface area contributed by atoms with Gasteiger partial charge in [-0.05, 0) is 27.7 Å². The molecule has 0 spiro atoms. The predicted octanol–water partition coefficient (Wildman–Crippen LogP) is 2.15. The Morgan fingerprint density at radius 2 is 2.17 bits per heavy atom. The number of carbonyl (C=O) groups is 1. The van der Waals surface area contributed by atoms with Crippen molar-refractivity contribution in [2.45, 2.75) is 52.7 Å². The lowest BCUT2D eigenvalue weighted by atomic mass is 10.1. The number of aryl methyl sites for hydroxylation is 1. The second-order valence-electron chi connectivity index (χ2n) is 4.78. The number of hydrogen-bond donors (Lipinski definition) is 1. The molecule has 18 heavy (non-hydrogen) atoms. The third-order valence-corrected chi connectivity index (χ3v) is 3.20. The van der Waals surface area contributed by atoms with Crippen LogP contribution in [0, 0.1) is 0 Å². The molecule has 102 valence electrons. The van der Waals surface area contributed by atoms with Crippen LogP contribution in [0.5, 0.6) is 0 Å². The normalized spacial score (nSPS) is 13.2. The first-order valence-electron chi connectivity index (χ1n) is 6.45. The summed E-state index contributed by atoms with van der Waals surface area (Å²) < 4.78 is 1.89. The van der Waals surface area contributed by atoms with Gasteiger partial charge in [-0.15, -0.1) is 0 Å². The van der Waals surface area contributed by atoms with Crippen molar-refractivity contribution >= 4 is 5.97 Å². The molecule has 1 aromatic rings. The molecule has 1 rings (SSSR count). The highest BCUT2D eigenvalue weighted by atomic mass is 16.4. The molecule has 1 unspecified atom stereocenters. The van der Waals surface area contributed by atoms with Gasteiger partial charge in [-0.25, -0.2) is 0 Å². The van der Waals surface area contributed by atoms with E-state index in [4.69, 9.17) is 5.11 Å². The fraction of sp³-hybridized carbons (Fsp3) is 0.692. The molecule has 0 saturated carbocycles. The Bertz CT molecular complexity index is 387.